The minimum Gasteiger partial charge on any atom is -0.277 e. The molecule has 0 aromatic heterocycles. The summed E-state index contributed by atoms with van der Waals surface area (Å²) in [6.45, 7) is 1.98. The van der Waals surface area contributed by atoms with Crippen LogP contribution in [0.2, 0.25) is 0 Å². The predicted molar refractivity (Wildman–Crippen MR) is 50.0 cm³/mol. The van der Waals surface area contributed by atoms with Gasteiger partial charge < -0.3 is 0 Å². The molecule has 1 aromatic rings. The maximum absolute atomic E-state index is 11.1. The largest absolute Gasteiger partial charge is 0.277 e. The molecule has 0 saturated heterocycles. The molecule has 0 spiro atoms. The summed E-state index contributed by atoms with van der Waals surface area (Å²) >= 11 is 0. The number of hydrogen-bond donors (Lipinski definition) is 1. The molecule has 0 aliphatic rings. The summed E-state index contributed by atoms with van der Waals surface area (Å²) in [6.07, 6.45) is 0.362. The Morgan fingerprint density at radius 3 is 2.77 bits per heavy atom. The number of nitrogens with one attached hydrogen (secondary N) is 1. The zero-order valence-corrected chi connectivity index (χ0v) is 7.83. The molecule has 0 aliphatic carbocycles. The number of hydrogen-bond acceptors (Lipinski definition) is 2. The lowest BCUT2D eigenvalue weighted by Gasteiger charge is -2.04. The van der Waals surface area contributed by atoms with Crippen LogP contribution >= 0.6 is 0 Å². The summed E-state index contributed by atoms with van der Waals surface area (Å²) in [5.74, 6) is -0.128. The Balaban J connectivity index is 2.63. The molecule has 1 N–H and O–H groups in total. The summed E-state index contributed by atoms with van der Waals surface area (Å²) in [5.41, 5.74) is 4.43. The van der Waals surface area contributed by atoms with Crippen molar-refractivity contribution in [1.82, 2.24) is 5.48 Å². The van der Waals surface area contributed by atoms with Gasteiger partial charge in [-0.2, -0.15) is 0 Å². The SMILES string of the molecule is CONC(=O)Cc1ccccc1C. The van der Waals surface area contributed by atoms with Crippen LogP contribution < -0.4 is 5.48 Å². The van der Waals surface area contributed by atoms with E-state index in [9.17, 15) is 4.79 Å². The number of amides is 1. The highest BCUT2D eigenvalue weighted by atomic mass is 16.6. The van der Waals surface area contributed by atoms with Crippen LogP contribution in [0, 0.1) is 6.92 Å². The molecule has 0 heterocycles. The Labute approximate surface area is 77.7 Å². The second kappa shape index (κ2) is 4.62. The third-order valence-electron chi connectivity index (χ3n) is 1.83. The van der Waals surface area contributed by atoms with E-state index in [0.717, 1.165) is 11.1 Å². The van der Waals surface area contributed by atoms with Crippen molar-refractivity contribution in [2.45, 2.75) is 13.3 Å². The first-order valence-electron chi connectivity index (χ1n) is 4.10. The van der Waals surface area contributed by atoms with Crippen LogP contribution in [0.3, 0.4) is 0 Å². The monoisotopic (exact) mass is 179 g/mol. The molecule has 0 atom stereocenters. The Bertz CT molecular complexity index is 297. The highest BCUT2D eigenvalue weighted by Gasteiger charge is 2.03. The van der Waals surface area contributed by atoms with Crippen LogP contribution in [0.25, 0.3) is 0 Å². The number of hydroxylamine groups is 1. The average molecular weight is 179 g/mol. The zero-order valence-electron chi connectivity index (χ0n) is 7.83. The van der Waals surface area contributed by atoms with Crippen molar-refractivity contribution in [1.29, 1.82) is 0 Å². The lowest BCUT2D eigenvalue weighted by Crippen LogP contribution is -2.23. The second-order valence-corrected chi connectivity index (χ2v) is 2.83. The van der Waals surface area contributed by atoms with Crippen molar-refractivity contribution in [3.8, 4) is 0 Å². The third-order valence-corrected chi connectivity index (χ3v) is 1.83. The van der Waals surface area contributed by atoms with E-state index in [4.69, 9.17) is 0 Å². The van der Waals surface area contributed by atoms with Gasteiger partial charge >= 0.3 is 0 Å². The average Bonchev–Trinajstić information content (AvgIpc) is 2.09. The number of aryl methyl sites for hydroxylation is 1. The Hall–Kier alpha value is -1.35. The quantitative estimate of drug-likeness (QED) is 0.708. The van der Waals surface area contributed by atoms with Gasteiger partial charge in [-0.15, -0.1) is 0 Å². The van der Waals surface area contributed by atoms with Gasteiger partial charge in [-0.1, -0.05) is 24.3 Å². The summed E-state index contributed by atoms with van der Waals surface area (Å²) in [5, 5.41) is 0. The van der Waals surface area contributed by atoms with Gasteiger partial charge in [-0.05, 0) is 18.1 Å². The maximum atomic E-state index is 11.1. The van der Waals surface area contributed by atoms with E-state index in [0.29, 0.717) is 6.42 Å². The number of carbonyl (C=O) groups is 1. The van der Waals surface area contributed by atoms with E-state index >= 15 is 0 Å². The molecule has 13 heavy (non-hydrogen) atoms. The standard InChI is InChI=1S/C10H13NO2/c1-8-5-3-4-6-9(8)7-10(12)11-13-2/h3-6H,7H2,1-2H3,(H,11,12). The van der Waals surface area contributed by atoms with Crippen molar-refractivity contribution in [3.63, 3.8) is 0 Å². The molecule has 0 unspecified atom stereocenters. The van der Waals surface area contributed by atoms with Gasteiger partial charge in [0.05, 0.1) is 13.5 Å². The van der Waals surface area contributed by atoms with Crippen molar-refractivity contribution < 1.29 is 9.63 Å². The molecule has 1 aromatic carbocycles. The molecule has 1 amide bonds. The molecular weight excluding hydrogens is 166 g/mol. The molecule has 1 rings (SSSR count). The van der Waals surface area contributed by atoms with Gasteiger partial charge in [0.15, 0.2) is 0 Å². The maximum Gasteiger partial charge on any atom is 0.247 e. The number of carbonyl (C=O) groups excluding carboxylic acids is 1. The molecule has 0 saturated carbocycles. The highest BCUT2D eigenvalue weighted by Crippen LogP contribution is 2.07. The lowest BCUT2D eigenvalue weighted by atomic mass is 10.1. The van der Waals surface area contributed by atoms with E-state index in [1.54, 1.807) is 0 Å². The van der Waals surface area contributed by atoms with Gasteiger partial charge in [0.1, 0.15) is 0 Å². The van der Waals surface area contributed by atoms with Crippen molar-refractivity contribution in [3.05, 3.63) is 35.4 Å². The van der Waals surface area contributed by atoms with Crippen LogP contribution in [-0.4, -0.2) is 13.0 Å². The molecule has 0 fully saturated rings. The van der Waals surface area contributed by atoms with Gasteiger partial charge in [-0.3, -0.25) is 9.63 Å². The fraction of sp³-hybridized carbons (Fsp3) is 0.300. The minimum absolute atomic E-state index is 0.128. The van der Waals surface area contributed by atoms with E-state index in [-0.39, 0.29) is 5.91 Å². The van der Waals surface area contributed by atoms with E-state index in [1.165, 1.54) is 7.11 Å². The van der Waals surface area contributed by atoms with Gasteiger partial charge in [0, 0.05) is 0 Å². The van der Waals surface area contributed by atoms with Crippen molar-refractivity contribution in [2.75, 3.05) is 7.11 Å². The van der Waals surface area contributed by atoms with E-state index in [1.807, 2.05) is 31.2 Å². The Kier molecular flexibility index (Phi) is 3.46. The molecule has 3 nitrogen and oxygen atoms in total. The van der Waals surface area contributed by atoms with Crippen molar-refractivity contribution >= 4 is 5.91 Å². The van der Waals surface area contributed by atoms with Crippen LogP contribution in [0.5, 0.6) is 0 Å². The highest BCUT2D eigenvalue weighted by molar-refractivity contribution is 5.77. The lowest BCUT2D eigenvalue weighted by molar-refractivity contribution is -0.130. The molecule has 0 radical (unpaired) electrons. The number of benzene rings is 1. The smallest absolute Gasteiger partial charge is 0.247 e. The summed E-state index contributed by atoms with van der Waals surface area (Å²) < 4.78 is 0. The minimum atomic E-state index is -0.128. The fourth-order valence-corrected chi connectivity index (χ4v) is 1.13. The summed E-state index contributed by atoms with van der Waals surface area (Å²) in [7, 11) is 1.43. The summed E-state index contributed by atoms with van der Waals surface area (Å²) in [4.78, 5) is 15.6. The van der Waals surface area contributed by atoms with Crippen LogP contribution in [-0.2, 0) is 16.1 Å². The first kappa shape index (κ1) is 9.74. The molecule has 70 valence electrons. The van der Waals surface area contributed by atoms with Crippen molar-refractivity contribution in [2.24, 2.45) is 0 Å². The molecule has 0 aliphatic heterocycles. The second-order valence-electron chi connectivity index (χ2n) is 2.83. The third kappa shape index (κ3) is 2.87. The van der Waals surface area contributed by atoms with Gasteiger partial charge in [0.2, 0.25) is 5.91 Å². The first-order valence-corrected chi connectivity index (χ1v) is 4.10. The van der Waals surface area contributed by atoms with Gasteiger partial charge in [0.25, 0.3) is 0 Å². The first-order chi connectivity index (χ1) is 6.24. The molecule has 0 bridgehead atoms. The van der Waals surface area contributed by atoms with E-state index < -0.39 is 0 Å². The molecule has 3 heteroatoms. The van der Waals surface area contributed by atoms with Crippen LogP contribution in [0.1, 0.15) is 11.1 Å². The fourth-order valence-electron chi connectivity index (χ4n) is 1.13. The normalized spacial score (nSPS) is 9.69. The molecular formula is C10H13NO2. The van der Waals surface area contributed by atoms with Gasteiger partial charge in [-0.25, -0.2) is 5.48 Å². The zero-order chi connectivity index (χ0) is 9.68. The predicted octanol–water partition coefficient (Wildman–Crippen LogP) is 1.22. The summed E-state index contributed by atoms with van der Waals surface area (Å²) in [6, 6.07) is 7.79. The Morgan fingerprint density at radius 1 is 1.46 bits per heavy atom. The topological polar surface area (TPSA) is 38.3 Å². The number of rotatable bonds is 3. The van der Waals surface area contributed by atoms with Crippen LogP contribution in [0.15, 0.2) is 24.3 Å². The van der Waals surface area contributed by atoms with E-state index in [2.05, 4.69) is 10.3 Å². The van der Waals surface area contributed by atoms with Crippen LogP contribution in [0.4, 0.5) is 0 Å². The Morgan fingerprint density at radius 2 is 2.15 bits per heavy atom.